The Bertz CT molecular complexity index is 260. The molecule has 0 aliphatic carbocycles. The molecule has 4 unspecified atom stereocenters. The zero-order valence-corrected chi connectivity index (χ0v) is 9.96. The van der Waals surface area contributed by atoms with Crippen molar-refractivity contribution in [1.29, 1.82) is 0 Å². The fraction of sp³-hybridized carbons (Fsp3) is 0.900. The number of ketones is 1. The molecule has 2 fully saturated rings. The Morgan fingerprint density at radius 2 is 2.33 bits per heavy atom. The maximum atomic E-state index is 11.5. The lowest BCUT2D eigenvalue weighted by Gasteiger charge is -2.37. The fourth-order valence-corrected chi connectivity index (χ4v) is 3.94. The largest absolute Gasteiger partial charge is 0.377 e. The lowest BCUT2D eigenvalue weighted by Crippen LogP contribution is -2.52. The van der Waals surface area contributed by atoms with E-state index in [0.717, 1.165) is 18.6 Å². The number of likely N-dealkylation sites (N-methyl/N-ethyl adjacent to an activating group) is 1. The number of nitrogens with one attached hydrogen (secondary N) is 1. The third-order valence-electron chi connectivity index (χ3n) is 3.35. The molecule has 0 radical (unpaired) electrons. The van der Waals surface area contributed by atoms with Gasteiger partial charge in [0.1, 0.15) is 12.0 Å². The minimum absolute atomic E-state index is 0.0791. The molecular formula is C10H18N2O2S. The summed E-state index contributed by atoms with van der Waals surface area (Å²) in [5.41, 5.74) is 0. The van der Waals surface area contributed by atoms with Crippen LogP contribution >= 0.6 is 11.8 Å². The lowest BCUT2D eigenvalue weighted by atomic mass is 10.1. The van der Waals surface area contributed by atoms with Crippen molar-refractivity contribution in [3.8, 4) is 0 Å². The van der Waals surface area contributed by atoms with Crippen LogP contribution in [0.4, 0.5) is 0 Å². The Balaban J connectivity index is 2.16. The van der Waals surface area contributed by atoms with Crippen molar-refractivity contribution in [2.24, 2.45) is 0 Å². The van der Waals surface area contributed by atoms with E-state index < -0.39 is 6.23 Å². The molecule has 0 bridgehead atoms. The molecule has 0 amide bonds. The van der Waals surface area contributed by atoms with Gasteiger partial charge in [-0.25, -0.2) is 0 Å². The second kappa shape index (κ2) is 4.41. The standard InChI is InChI=1S/C10H18N2O2S/c1-6(13)8-3-4-15-9-5-7(11-2)10(14)12(8)9/h7-11,14H,3-5H2,1-2H3. The van der Waals surface area contributed by atoms with E-state index in [2.05, 4.69) is 5.32 Å². The number of aliphatic hydroxyl groups is 1. The summed E-state index contributed by atoms with van der Waals surface area (Å²) >= 11 is 1.85. The van der Waals surface area contributed by atoms with Crippen molar-refractivity contribution >= 4 is 17.5 Å². The molecule has 2 aliphatic rings. The zero-order chi connectivity index (χ0) is 11.0. The van der Waals surface area contributed by atoms with E-state index in [-0.39, 0.29) is 17.9 Å². The first-order valence-corrected chi connectivity index (χ1v) is 6.45. The van der Waals surface area contributed by atoms with Crippen LogP contribution in [0.2, 0.25) is 0 Å². The van der Waals surface area contributed by atoms with Gasteiger partial charge in [0, 0.05) is 6.04 Å². The van der Waals surface area contributed by atoms with Crippen molar-refractivity contribution in [2.75, 3.05) is 12.8 Å². The topological polar surface area (TPSA) is 52.6 Å². The molecule has 2 N–H and O–H groups in total. The highest BCUT2D eigenvalue weighted by molar-refractivity contribution is 7.99. The quantitative estimate of drug-likeness (QED) is 0.700. The maximum absolute atomic E-state index is 11.5. The van der Waals surface area contributed by atoms with Crippen LogP contribution in [0.25, 0.3) is 0 Å². The van der Waals surface area contributed by atoms with Gasteiger partial charge in [-0.15, -0.1) is 11.8 Å². The molecule has 4 nitrogen and oxygen atoms in total. The van der Waals surface area contributed by atoms with E-state index >= 15 is 0 Å². The highest BCUT2D eigenvalue weighted by Crippen LogP contribution is 2.38. The van der Waals surface area contributed by atoms with Gasteiger partial charge in [0.05, 0.1) is 11.4 Å². The van der Waals surface area contributed by atoms with E-state index in [9.17, 15) is 9.90 Å². The van der Waals surface area contributed by atoms with Crippen LogP contribution in [0.1, 0.15) is 19.8 Å². The lowest BCUT2D eigenvalue weighted by molar-refractivity contribution is -0.126. The summed E-state index contributed by atoms with van der Waals surface area (Å²) < 4.78 is 0. The molecule has 2 rings (SSSR count). The molecule has 0 saturated carbocycles. The van der Waals surface area contributed by atoms with Gasteiger partial charge in [0.15, 0.2) is 0 Å². The predicted octanol–water partition coefficient (Wildman–Crippen LogP) is 0.0191. The van der Waals surface area contributed by atoms with Crippen molar-refractivity contribution in [2.45, 2.75) is 43.5 Å². The molecule has 5 heteroatoms. The molecule has 2 saturated heterocycles. The number of nitrogens with zero attached hydrogens (tertiary/aromatic N) is 1. The first-order valence-electron chi connectivity index (χ1n) is 5.40. The normalized spacial score (nSPS) is 41.5. The molecule has 15 heavy (non-hydrogen) atoms. The number of Topliss-reactive ketones (excluding diaryl/α,β-unsaturated/α-hetero) is 1. The summed E-state index contributed by atoms with van der Waals surface area (Å²) in [4.78, 5) is 13.5. The van der Waals surface area contributed by atoms with Crippen molar-refractivity contribution in [3.63, 3.8) is 0 Å². The average molecular weight is 230 g/mol. The molecule has 2 heterocycles. The summed E-state index contributed by atoms with van der Waals surface area (Å²) in [6.45, 7) is 1.62. The van der Waals surface area contributed by atoms with Gasteiger partial charge < -0.3 is 10.4 Å². The minimum atomic E-state index is -0.512. The Labute approximate surface area is 94.4 Å². The van der Waals surface area contributed by atoms with E-state index in [1.807, 2.05) is 23.7 Å². The highest BCUT2D eigenvalue weighted by Gasteiger charge is 2.46. The van der Waals surface area contributed by atoms with E-state index in [1.165, 1.54) is 0 Å². The number of aliphatic hydroxyl groups excluding tert-OH is 1. The Morgan fingerprint density at radius 3 is 2.93 bits per heavy atom. The second-order valence-electron chi connectivity index (χ2n) is 4.23. The third kappa shape index (κ3) is 1.93. The number of fused-ring (bicyclic) bond motifs is 1. The molecule has 4 atom stereocenters. The summed E-state index contributed by atoms with van der Waals surface area (Å²) in [7, 11) is 1.86. The summed E-state index contributed by atoms with van der Waals surface area (Å²) in [6.07, 6.45) is 1.28. The van der Waals surface area contributed by atoms with Gasteiger partial charge in [-0.3, -0.25) is 9.69 Å². The molecule has 0 spiro atoms. The fourth-order valence-electron chi connectivity index (χ4n) is 2.52. The van der Waals surface area contributed by atoms with E-state index in [4.69, 9.17) is 0 Å². The van der Waals surface area contributed by atoms with Gasteiger partial charge in [-0.2, -0.15) is 0 Å². The molecule has 0 aromatic rings. The zero-order valence-electron chi connectivity index (χ0n) is 9.14. The van der Waals surface area contributed by atoms with Gasteiger partial charge in [-0.05, 0) is 32.6 Å². The second-order valence-corrected chi connectivity index (χ2v) is 5.52. The number of rotatable bonds is 2. The number of carbonyl (C=O) groups excluding carboxylic acids is 1. The molecule has 0 aromatic heterocycles. The van der Waals surface area contributed by atoms with Crippen LogP contribution in [-0.4, -0.2) is 52.3 Å². The minimum Gasteiger partial charge on any atom is -0.377 e. The van der Waals surface area contributed by atoms with Crippen LogP contribution in [0.5, 0.6) is 0 Å². The molecular weight excluding hydrogens is 212 g/mol. The first kappa shape index (κ1) is 11.4. The Morgan fingerprint density at radius 1 is 1.60 bits per heavy atom. The summed E-state index contributed by atoms with van der Waals surface area (Å²) in [5, 5.41) is 13.5. The average Bonchev–Trinajstić information content (AvgIpc) is 2.55. The summed E-state index contributed by atoms with van der Waals surface area (Å²) in [5.74, 6) is 1.20. The van der Waals surface area contributed by atoms with Crippen LogP contribution < -0.4 is 5.32 Å². The van der Waals surface area contributed by atoms with Gasteiger partial charge in [0.2, 0.25) is 0 Å². The first-order chi connectivity index (χ1) is 7.15. The number of thioether (sulfide) groups is 1. The molecule has 0 aromatic carbocycles. The summed E-state index contributed by atoms with van der Waals surface area (Å²) in [6, 6.07) is 0.0204. The highest BCUT2D eigenvalue weighted by atomic mass is 32.2. The van der Waals surface area contributed by atoms with Crippen molar-refractivity contribution in [1.82, 2.24) is 10.2 Å². The van der Waals surface area contributed by atoms with E-state index in [0.29, 0.717) is 5.37 Å². The molecule has 86 valence electrons. The smallest absolute Gasteiger partial charge is 0.147 e. The van der Waals surface area contributed by atoms with Crippen LogP contribution in [0.3, 0.4) is 0 Å². The maximum Gasteiger partial charge on any atom is 0.147 e. The van der Waals surface area contributed by atoms with Gasteiger partial charge in [-0.1, -0.05) is 0 Å². The third-order valence-corrected chi connectivity index (χ3v) is 4.65. The van der Waals surface area contributed by atoms with Crippen molar-refractivity contribution in [3.05, 3.63) is 0 Å². The van der Waals surface area contributed by atoms with Crippen LogP contribution in [0.15, 0.2) is 0 Å². The number of hydrogen-bond acceptors (Lipinski definition) is 5. The Kier molecular flexibility index (Phi) is 3.35. The van der Waals surface area contributed by atoms with E-state index in [1.54, 1.807) is 6.92 Å². The van der Waals surface area contributed by atoms with Gasteiger partial charge >= 0.3 is 0 Å². The molecule has 2 aliphatic heterocycles. The van der Waals surface area contributed by atoms with Crippen LogP contribution in [0, 0.1) is 0 Å². The van der Waals surface area contributed by atoms with Gasteiger partial charge in [0.25, 0.3) is 0 Å². The van der Waals surface area contributed by atoms with Crippen LogP contribution in [-0.2, 0) is 4.79 Å². The SMILES string of the molecule is CNC1CC2SCCC(C(C)=O)N2C1O. The Hall–Kier alpha value is -0.100. The number of carbonyl (C=O) groups is 1. The monoisotopic (exact) mass is 230 g/mol. The predicted molar refractivity (Wildman–Crippen MR) is 60.6 cm³/mol. The van der Waals surface area contributed by atoms with Crippen molar-refractivity contribution < 1.29 is 9.90 Å². The number of hydrogen-bond donors (Lipinski definition) is 2.